The highest BCUT2D eigenvalue weighted by molar-refractivity contribution is 5.98. The molecule has 0 saturated heterocycles. The third-order valence-electron chi connectivity index (χ3n) is 12.1. The summed E-state index contributed by atoms with van der Waals surface area (Å²) in [6, 6.07) is -6.57. The van der Waals surface area contributed by atoms with Crippen LogP contribution in [0.2, 0.25) is 0 Å². The zero-order valence-electron chi connectivity index (χ0n) is 45.0. The van der Waals surface area contributed by atoms with Crippen molar-refractivity contribution in [3.05, 3.63) is 39.9 Å². The van der Waals surface area contributed by atoms with Gasteiger partial charge in [-0.1, -0.05) is 71.9 Å². The predicted octanol–water partition coefficient (Wildman–Crippen LogP) is -2.05. The molecule has 1 aromatic carbocycles. The summed E-state index contributed by atoms with van der Waals surface area (Å²) in [6.45, 7) is 10.1. The number of hydrogen-bond acceptors (Lipinski definition) is 15. The third kappa shape index (κ3) is 26.2. The van der Waals surface area contributed by atoms with Crippen LogP contribution in [0.3, 0.4) is 0 Å². The van der Waals surface area contributed by atoms with Crippen LogP contribution in [0.25, 0.3) is 0 Å². The smallest absolute Gasteiger partial charge is 0.303 e. The lowest BCUT2D eigenvalue weighted by Gasteiger charge is -2.29. The number of primary amides is 1. The van der Waals surface area contributed by atoms with E-state index in [0.29, 0.717) is 57.1 Å². The molecule has 77 heavy (non-hydrogen) atoms. The van der Waals surface area contributed by atoms with E-state index in [4.69, 9.17) is 28.7 Å². The van der Waals surface area contributed by atoms with Crippen LogP contribution in [0.15, 0.2) is 29.3 Å². The van der Waals surface area contributed by atoms with Crippen molar-refractivity contribution in [2.75, 3.05) is 13.1 Å². The Hall–Kier alpha value is -7.49. The Labute approximate surface area is 448 Å². The van der Waals surface area contributed by atoms with Crippen molar-refractivity contribution >= 4 is 70.8 Å². The van der Waals surface area contributed by atoms with E-state index >= 15 is 0 Å². The summed E-state index contributed by atoms with van der Waals surface area (Å²) in [5.41, 5.74) is 27.9. The second kappa shape index (κ2) is 35.7. The summed E-state index contributed by atoms with van der Waals surface area (Å²) in [4.78, 5) is 148. The van der Waals surface area contributed by atoms with Crippen LogP contribution < -0.4 is 71.2 Å². The monoisotopic (exact) mass is 1090 g/mol. The highest BCUT2D eigenvalue weighted by Crippen LogP contribution is 2.15. The van der Waals surface area contributed by atoms with E-state index in [1.807, 2.05) is 13.8 Å². The molecule has 0 aliphatic heterocycles. The van der Waals surface area contributed by atoms with Gasteiger partial charge in [0.05, 0.1) is 11.0 Å². The maximum atomic E-state index is 14.3. The van der Waals surface area contributed by atoms with Crippen LogP contribution in [0.4, 0.5) is 5.69 Å². The molecule has 28 heteroatoms. The minimum absolute atomic E-state index is 0.0150. The quantitative estimate of drug-likeness (QED) is 0.0111. The summed E-state index contributed by atoms with van der Waals surface area (Å²) in [6.07, 6.45) is 2.68. The molecular weight excluding hydrogens is 1010 g/mol. The lowest BCUT2D eigenvalue weighted by molar-refractivity contribution is -0.384. The number of nitrogens with one attached hydrogen (secondary N) is 8. The molecule has 0 bridgehead atoms. The topological polar surface area (TPSA) is 473 Å². The summed E-state index contributed by atoms with van der Waals surface area (Å²) < 4.78 is 0. The van der Waals surface area contributed by atoms with Crippen molar-refractivity contribution in [3.63, 3.8) is 0 Å². The molecule has 0 spiro atoms. The fourth-order valence-electron chi connectivity index (χ4n) is 7.47. The van der Waals surface area contributed by atoms with Crippen LogP contribution in [0.1, 0.15) is 131 Å². The average molecular weight is 1090 g/mol. The van der Waals surface area contributed by atoms with Crippen LogP contribution in [-0.4, -0.2) is 143 Å². The van der Waals surface area contributed by atoms with E-state index in [1.165, 1.54) is 38.1 Å². The third-order valence-corrected chi connectivity index (χ3v) is 12.1. The number of aliphatic carboxylic acids is 1. The lowest BCUT2D eigenvalue weighted by atomic mass is 10.00. The zero-order chi connectivity index (χ0) is 58.4. The highest BCUT2D eigenvalue weighted by atomic mass is 16.6. The Morgan fingerprint density at radius 2 is 1.03 bits per heavy atom. The molecule has 0 saturated carbocycles. The van der Waals surface area contributed by atoms with Gasteiger partial charge in [-0.05, 0) is 76.8 Å². The van der Waals surface area contributed by atoms with Crippen LogP contribution in [0.5, 0.6) is 0 Å². The minimum atomic E-state index is -1.61. The molecule has 0 radical (unpaired) electrons. The summed E-state index contributed by atoms with van der Waals surface area (Å²) in [5.74, 6) is -9.63. The van der Waals surface area contributed by atoms with Crippen molar-refractivity contribution in [1.29, 1.82) is 0 Å². The fraction of sp³-hybridized carbons (Fsp3) is 0.653. The number of carboxylic acid groups (broad SMARTS) is 1. The Kier molecular flexibility index (Phi) is 31.3. The van der Waals surface area contributed by atoms with Crippen molar-refractivity contribution in [1.82, 2.24) is 42.5 Å². The number of carbonyl (C=O) groups is 10. The van der Waals surface area contributed by atoms with Crippen LogP contribution in [-0.2, 0) is 54.4 Å². The number of rotatable bonds is 38. The van der Waals surface area contributed by atoms with Crippen molar-refractivity contribution in [2.24, 2.45) is 39.6 Å². The number of non-ortho nitro benzene ring substituents is 1. The molecule has 9 atom stereocenters. The number of nitrogens with zero attached hydrogens (tertiary/aromatic N) is 2. The number of aliphatic imine (C=N–C) groups is 1. The molecule has 432 valence electrons. The number of hydrogen-bond donors (Lipinski definition) is 14. The first kappa shape index (κ1) is 67.5. The van der Waals surface area contributed by atoms with Gasteiger partial charge < -0.3 is 76.3 Å². The Balaban J connectivity index is 3.56. The number of carbonyl (C=O) groups excluding carboxylic acids is 9. The van der Waals surface area contributed by atoms with Gasteiger partial charge in [-0.25, -0.2) is 0 Å². The van der Waals surface area contributed by atoms with E-state index < -0.39 is 137 Å². The van der Waals surface area contributed by atoms with E-state index in [9.17, 15) is 63.2 Å². The largest absolute Gasteiger partial charge is 0.481 e. The maximum Gasteiger partial charge on any atom is 0.303 e. The predicted molar refractivity (Wildman–Crippen MR) is 284 cm³/mol. The van der Waals surface area contributed by atoms with Gasteiger partial charge in [-0.2, -0.15) is 0 Å². The number of amides is 9. The van der Waals surface area contributed by atoms with Gasteiger partial charge in [0.15, 0.2) is 5.96 Å². The number of unbranched alkanes of at least 4 members (excludes halogenated alkanes) is 3. The van der Waals surface area contributed by atoms with Gasteiger partial charge >= 0.3 is 5.97 Å². The minimum Gasteiger partial charge on any atom is -0.481 e. The van der Waals surface area contributed by atoms with E-state index in [-0.39, 0.29) is 50.3 Å². The summed E-state index contributed by atoms with van der Waals surface area (Å²) in [5, 5.41) is 41.4. The Bertz CT molecular complexity index is 2180. The number of benzene rings is 1. The van der Waals surface area contributed by atoms with E-state index in [1.54, 1.807) is 13.8 Å². The molecule has 0 unspecified atom stereocenters. The summed E-state index contributed by atoms with van der Waals surface area (Å²) in [7, 11) is 0. The van der Waals surface area contributed by atoms with Gasteiger partial charge in [-0.3, -0.25) is 63.1 Å². The van der Waals surface area contributed by atoms with Crippen LogP contribution >= 0.6 is 0 Å². The molecule has 19 N–H and O–H groups in total. The molecule has 1 rings (SSSR count). The van der Waals surface area contributed by atoms with E-state index in [0.717, 1.165) is 0 Å². The first-order chi connectivity index (χ1) is 36.3. The Morgan fingerprint density at radius 1 is 0.571 bits per heavy atom. The van der Waals surface area contributed by atoms with Gasteiger partial charge in [0.1, 0.15) is 48.3 Å². The molecular formula is C49H83N15O13. The molecule has 0 aliphatic rings. The number of nitro groups is 1. The van der Waals surface area contributed by atoms with Crippen molar-refractivity contribution < 1.29 is 58.0 Å². The van der Waals surface area contributed by atoms with Gasteiger partial charge in [0.25, 0.3) is 5.69 Å². The first-order valence-corrected chi connectivity index (χ1v) is 25.9. The molecule has 0 heterocycles. The zero-order valence-corrected chi connectivity index (χ0v) is 45.0. The Morgan fingerprint density at radius 3 is 1.53 bits per heavy atom. The molecule has 0 aliphatic carbocycles. The normalized spacial score (nSPS) is 14.5. The molecule has 0 aromatic heterocycles. The number of nitrogens with two attached hydrogens (primary N) is 5. The highest BCUT2D eigenvalue weighted by Gasteiger charge is 2.35. The summed E-state index contributed by atoms with van der Waals surface area (Å²) >= 11 is 0. The van der Waals surface area contributed by atoms with Gasteiger partial charge in [0.2, 0.25) is 53.2 Å². The number of nitro benzene ring substituents is 1. The molecule has 1 aromatic rings. The molecule has 0 fully saturated rings. The average Bonchev–Trinajstić information content (AvgIpc) is 3.36. The fourth-order valence-corrected chi connectivity index (χ4v) is 7.47. The first-order valence-electron chi connectivity index (χ1n) is 25.9. The van der Waals surface area contributed by atoms with E-state index in [2.05, 4.69) is 47.5 Å². The SMILES string of the molecule is CCCC[C@H](NC(=O)[C@H](C)NC(=O)[C@@H](CCC(=O)O)NC(=O)[C@H](Cc1ccc([N+](=O)[O-])cc1)NC(=O)[C@@H](CCCC)NC(=O)[C@@H](NC(=O)[C@@H](CCCN=C(N)N)NC(=O)[C@H](C)NC(=O)[C@H](N)CCCCN)C(C)C)C(N)=O. The maximum absolute atomic E-state index is 14.3. The van der Waals surface area contributed by atoms with Crippen molar-refractivity contribution in [3.8, 4) is 0 Å². The second-order valence-corrected chi connectivity index (χ2v) is 19.1. The lowest BCUT2D eigenvalue weighted by Crippen LogP contribution is -2.61. The van der Waals surface area contributed by atoms with Crippen molar-refractivity contribution in [2.45, 2.75) is 186 Å². The number of guanidine groups is 1. The molecule has 28 nitrogen and oxygen atoms in total. The second-order valence-electron chi connectivity index (χ2n) is 19.1. The van der Waals surface area contributed by atoms with Gasteiger partial charge in [0, 0.05) is 31.5 Å². The van der Waals surface area contributed by atoms with Gasteiger partial charge in [-0.15, -0.1) is 0 Å². The van der Waals surface area contributed by atoms with Crippen LogP contribution in [0, 0.1) is 16.0 Å². The number of carboxylic acids is 1. The standard InChI is InChI=1S/C49H83N15O13/c1-7-9-15-33(40(52)67)58-41(68)29(6)57-44(71)36(22-23-38(65)66)60-47(74)37(26-30-18-20-31(21-19-30)64(76)77)62-45(72)34(16-10-8-2)61-48(75)39(27(3)4)63-46(73)35(17-13-25-55-49(53)54)59-42(69)28(5)56-43(70)32(51)14-11-12-24-50/h18-21,27-29,32-37,39H,7-17,22-26,50-51H2,1-6H3,(H2,52,67)(H,56,70)(H,57,71)(H,58,68)(H,59,69)(H,60,74)(H,61,75)(H,62,72)(H,63,73)(H,65,66)(H4,53,54,55)/t28-,29-,32+,33-,34+,35+,36+,37-,39-/m0/s1. The molecule has 9 amide bonds.